The fourth-order valence-corrected chi connectivity index (χ4v) is 1.31. The first kappa shape index (κ1) is 5.65. The minimum absolute atomic E-state index is 0.740. The molecule has 0 saturated carbocycles. The molecule has 0 fully saturated rings. The molecule has 5 nitrogen and oxygen atoms in total. The first-order chi connectivity index (χ1) is 9.63. The highest BCUT2D eigenvalue weighted by Crippen LogP contribution is 2.22. The van der Waals surface area contributed by atoms with E-state index in [2.05, 4.69) is 19.4 Å². The Hall–Kier alpha value is -0.590. The van der Waals surface area contributed by atoms with Gasteiger partial charge in [0.1, 0.15) is 11.7 Å². The molecule has 1 atom stereocenters. The van der Waals surface area contributed by atoms with Crippen LogP contribution in [0.25, 0.3) is 0 Å². The second kappa shape index (κ2) is 4.11. The Morgan fingerprint density at radius 3 is 2.67 bits per heavy atom. The van der Waals surface area contributed by atoms with Crippen LogP contribution < -0.4 is 4.72 Å². The van der Waals surface area contributed by atoms with Crippen molar-refractivity contribution in [3.8, 4) is 0 Å². The third-order valence-corrected chi connectivity index (χ3v) is 3.07. The van der Waals surface area contributed by atoms with Crippen LogP contribution >= 0.6 is 0 Å². The maximum absolute atomic E-state index is 12.3. The van der Waals surface area contributed by atoms with E-state index in [0.29, 0.717) is 0 Å². The molecule has 0 spiro atoms. The van der Waals surface area contributed by atoms with Crippen LogP contribution in [0.3, 0.4) is 0 Å². The molecule has 0 aliphatic carbocycles. The molecule has 1 heterocycles. The highest BCUT2D eigenvalue weighted by Gasteiger charge is 2.36. The van der Waals surface area contributed by atoms with Gasteiger partial charge >= 0.3 is 0 Å². The lowest BCUT2D eigenvalue weighted by Crippen LogP contribution is -2.48. The van der Waals surface area contributed by atoms with Crippen molar-refractivity contribution in [1.82, 2.24) is 14.9 Å². The van der Waals surface area contributed by atoms with E-state index in [-0.39, 0.29) is 0 Å². The van der Waals surface area contributed by atoms with Gasteiger partial charge in [-0.25, -0.2) is 0 Å². The van der Waals surface area contributed by atoms with Crippen molar-refractivity contribution >= 4 is 11.4 Å². The molecular formula is C9H17N3O2S. The van der Waals surface area contributed by atoms with Gasteiger partial charge in [-0.15, -0.1) is 4.72 Å². The zero-order chi connectivity index (χ0) is 17.6. The Labute approximate surface area is 103 Å². The summed E-state index contributed by atoms with van der Waals surface area (Å²) in [5, 5.41) is 3.27. The lowest BCUT2D eigenvalue weighted by atomic mass is 10.1. The van der Waals surface area contributed by atoms with Gasteiger partial charge in [-0.3, -0.25) is 0 Å². The van der Waals surface area contributed by atoms with Gasteiger partial charge in [0.2, 0.25) is 6.37 Å². The SMILES string of the molecule is [2H]c1nc(C(N[S+]([O-])C(C)(C)C)(C([2H])([2H])[2H])C([2H])([2H])[2H])no1. The maximum Gasteiger partial charge on any atom is 0.213 e. The van der Waals surface area contributed by atoms with Crippen LogP contribution in [0, 0.1) is 0 Å². The molecule has 0 aromatic carbocycles. The topological polar surface area (TPSA) is 74.0 Å². The molecule has 86 valence electrons. The normalized spacial score (nSPS) is 23.9. The summed E-state index contributed by atoms with van der Waals surface area (Å²) in [6, 6.07) is 0. The van der Waals surface area contributed by atoms with Crippen molar-refractivity contribution in [2.45, 2.75) is 44.8 Å². The first-order valence-electron chi connectivity index (χ1n) is 7.63. The fraction of sp³-hybridized carbons (Fsp3) is 0.778. The van der Waals surface area contributed by atoms with Crippen LogP contribution in [0.15, 0.2) is 10.9 Å². The van der Waals surface area contributed by atoms with Gasteiger partial charge in [-0.2, -0.15) is 4.98 Å². The smallest absolute Gasteiger partial charge is 0.213 e. The molecule has 0 bridgehead atoms. The van der Waals surface area contributed by atoms with E-state index in [1.165, 1.54) is 0 Å². The molecule has 6 heteroatoms. The van der Waals surface area contributed by atoms with Crippen molar-refractivity contribution < 1.29 is 18.7 Å². The summed E-state index contributed by atoms with van der Waals surface area (Å²) >= 11 is -2.04. The van der Waals surface area contributed by atoms with Crippen molar-refractivity contribution in [2.75, 3.05) is 0 Å². The van der Waals surface area contributed by atoms with Crippen LogP contribution in [-0.2, 0) is 16.9 Å². The van der Waals surface area contributed by atoms with Crippen LogP contribution in [0.5, 0.6) is 0 Å². The van der Waals surface area contributed by atoms with Crippen LogP contribution in [0.2, 0.25) is 0 Å². The number of nitrogens with one attached hydrogen (secondary N) is 1. The summed E-state index contributed by atoms with van der Waals surface area (Å²) in [6.45, 7) is -1.70. The summed E-state index contributed by atoms with van der Waals surface area (Å²) < 4.78 is 70.9. The van der Waals surface area contributed by atoms with Gasteiger partial charge in [0.25, 0.3) is 0 Å². The van der Waals surface area contributed by atoms with Gasteiger partial charge in [0.15, 0.2) is 5.82 Å². The van der Waals surface area contributed by atoms with Gasteiger partial charge in [0.05, 0.1) is 0 Å². The molecule has 0 aliphatic rings. The standard InChI is InChI=1S/C9H17N3O2S/c1-8(2,3)15(13)12-9(4,5)7-10-6-14-11-7/h6,12H,1-5H3/i4D3,5D3,6D. The van der Waals surface area contributed by atoms with Gasteiger partial charge < -0.3 is 9.08 Å². The van der Waals surface area contributed by atoms with Crippen LogP contribution in [0.1, 0.15) is 49.9 Å². The average Bonchev–Trinajstić information content (AvgIpc) is 2.67. The van der Waals surface area contributed by atoms with E-state index < -0.39 is 47.5 Å². The van der Waals surface area contributed by atoms with E-state index in [9.17, 15) is 4.55 Å². The van der Waals surface area contributed by atoms with E-state index in [1.807, 2.05) is 0 Å². The summed E-state index contributed by atoms with van der Waals surface area (Å²) in [4.78, 5) is 3.42. The Kier molecular flexibility index (Phi) is 1.55. The van der Waals surface area contributed by atoms with Crippen molar-refractivity contribution in [3.05, 3.63) is 12.2 Å². The quantitative estimate of drug-likeness (QED) is 0.805. The van der Waals surface area contributed by atoms with E-state index in [1.54, 1.807) is 20.8 Å². The molecule has 1 rings (SSSR count). The number of hydrogen-bond acceptors (Lipinski definition) is 5. The number of aromatic nitrogens is 2. The molecule has 1 N–H and O–H groups in total. The van der Waals surface area contributed by atoms with Crippen molar-refractivity contribution in [2.24, 2.45) is 0 Å². The van der Waals surface area contributed by atoms with Gasteiger partial charge in [-0.1, -0.05) is 5.16 Å². The summed E-state index contributed by atoms with van der Waals surface area (Å²) in [7, 11) is 0. The Balaban J connectivity index is 3.55. The third kappa shape index (κ3) is 3.19. The predicted molar refractivity (Wildman–Crippen MR) is 58.4 cm³/mol. The second-order valence-electron chi connectivity index (χ2n) is 3.94. The van der Waals surface area contributed by atoms with Gasteiger partial charge in [-0.05, 0) is 34.5 Å². The minimum Gasteiger partial charge on any atom is -0.598 e. The highest BCUT2D eigenvalue weighted by atomic mass is 32.2. The highest BCUT2D eigenvalue weighted by molar-refractivity contribution is 7.90. The van der Waals surface area contributed by atoms with E-state index >= 15 is 0 Å². The summed E-state index contributed by atoms with van der Waals surface area (Å²) in [5.41, 5.74) is -2.82. The van der Waals surface area contributed by atoms with Crippen molar-refractivity contribution in [3.63, 3.8) is 0 Å². The van der Waals surface area contributed by atoms with Gasteiger partial charge in [0, 0.05) is 19.6 Å². The summed E-state index contributed by atoms with van der Waals surface area (Å²) in [6.07, 6.45) is -0.740. The molecule has 1 aromatic rings. The molecule has 0 amide bonds. The largest absolute Gasteiger partial charge is 0.598 e. The van der Waals surface area contributed by atoms with E-state index in [0.717, 1.165) is 0 Å². The number of nitrogens with zero attached hydrogens (tertiary/aromatic N) is 2. The molecular weight excluding hydrogens is 214 g/mol. The average molecular weight is 238 g/mol. The van der Waals surface area contributed by atoms with E-state index in [4.69, 9.17) is 9.60 Å². The molecule has 0 saturated heterocycles. The molecule has 15 heavy (non-hydrogen) atoms. The zero-order valence-electron chi connectivity index (χ0n) is 15.6. The Morgan fingerprint density at radius 2 is 2.27 bits per heavy atom. The maximum atomic E-state index is 12.3. The monoisotopic (exact) mass is 238 g/mol. The van der Waals surface area contributed by atoms with Crippen molar-refractivity contribution in [1.29, 1.82) is 0 Å². The molecule has 1 aromatic heterocycles. The molecule has 0 aliphatic heterocycles. The van der Waals surface area contributed by atoms with Crippen LogP contribution in [0.4, 0.5) is 0 Å². The Morgan fingerprint density at radius 1 is 1.60 bits per heavy atom. The second-order valence-corrected chi connectivity index (χ2v) is 5.91. The Bertz CT molecular complexity index is 509. The summed E-state index contributed by atoms with van der Waals surface area (Å²) in [5.74, 6) is -0.755. The minimum atomic E-state index is -3.17. The fourth-order valence-electron chi connectivity index (χ4n) is 0.638. The predicted octanol–water partition coefficient (Wildman–Crippen LogP) is 1.36. The lowest BCUT2D eigenvalue weighted by molar-refractivity contribution is 0.373. The first-order valence-corrected chi connectivity index (χ1v) is 5.28. The zero-order valence-corrected chi connectivity index (χ0v) is 9.44. The lowest BCUT2D eigenvalue weighted by Gasteiger charge is -2.30. The third-order valence-electron chi connectivity index (χ3n) is 1.46. The number of hydrogen-bond donors (Lipinski definition) is 1. The van der Waals surface area contributed by atoms with Crippen LogP contribution in [-0.4, -0.2) is 19.4 Å². The molecule has 1 unspecified atom stereocenters. The molecule has 0 radical (unpaired) electrons. The number of rotatable bonds is 3.